The van der Waals surface area contributed by atoms with Crippen LogP contribution in [0.15, 0.2) is 30.5 Å². The average molecular weight is 329 g/mol. The number of anilines is 1. The molecule has 0 atom stereocenters. The third-order valence-corrected chi connectivity index (χ3v) is 5.35. The number of aryl methyl sites for hydroxylation is 2. The van der Waals surface area contributed by atoms with Gasteiger partial charge in [0.2, 0.25) is 5.91 Å². The van der Waals surface area contributed by atoms with Gasteiger partial charge >= 0.3 is 0 Å². The summed E-state index contributed by atoms with van der Waals surface area (Å²) < 4.78 is 0. The highest BCUT2D eigenvalue weighted by Gasteiger charge is 2.18. The van der Waals surface area contributed by atoms with Crippen LogP contribution >= 0.6 is 11.3 Å². The van der Waals surface area contributed by atoms with Gasteiger partial charge < -0.3 is 10.6 Å². The monoisotopic (exact) mass is 329 g/mol. The summed E-state index contributed by atoms with van der Waals surface area (Å²) in [6.07, 6.45) is 5.49. The van der Waals surface area contributed by atoms with E-state index in [0.29, 0.717) is 12.3 Å². The van der Waals surface area contributed by atoms with Gasteiger partial charge in [0.05, 0.1) is 0 Å². The minimum Gasteiger partial charge on any atom is -0.317 e. The quantitative estimate of drug-likeness (QED) is 0.883. The Labute approximate surface area is 141 Å². The molecule has 0 saturated carbocycles. The first-order valence-electron chi connectivity index (χ1n) is 8.22. The maximum Gasteiger partial charge on any atom is 0.226 e. The van der Waals surface area contributed by atoms with Gasteiger partial charge in [0.1, 0.15) is 0 Å². The summed E-state index contributed by atoms with van der Waals surface area (Å²) in [7, 11) is 0. The maximum absolute atomic E-state index is 12.1. The molecule has 1 aromatic carbocycles. The first-order chi connectivity index (χ1) is 11.2. The van der Waals surface area contributed by atoms with E-state index in [1.54, 1.807) is 11.3 Å². The number of nitrogens with zero attached hydrogens (tertiary/aromatic N) is 1. The third-order valence-electron chi connectivity index (χ3n) is 4.27. The van der Waals surface area contributed by atoms with E-state index in [0.717, 1.165) is 37.5 Å². The molecule has 1 saturated heterocycles. The Morgan fingerprint density at radius 2 is 2.04 bits per heavy atom. The average Bonchev–Trinajstić information content (AvgIpc) is 3.04. The van der Waals surface area contributed by atoms with Gasteiger partial charge in [0, 0.05) is 17.5 Å². The van der Waals surface area contributed by atoms with Gasteiger partial charge in [-0.2, -0.15) is 0 Å². The Bertz CT molecular complexity index is 645. The number of hydrogen-bond acceptors (Lipinski definition) is 4. The standard InChI is InChI=1S/C18H23N3OS/c1-13-2-4-14(5-3-13)6-7-17(22)21-18-20-12-16(23-18)15-8-10-19-11-9-15/h2-5,12,15,19H,6-11H2,1H3,(H,20,21,22). The van der Waals surface area contributed by atoms with Crippen molar-refractivity contribution >= 4 is 22.4 Å². The van der Waals surface area contributed by atoms with Crippen molar-refractivity contribution < 1.29 is 4.79 Å². The Morgan fingerprint density at radius 3 is 2.78 bits per heavy atom. The van der Waals surface area contributed by atoms with E-state index < -0.39 is 0 Å². The summed E-state index contributed by atoms with van der Waals surface area (Å²) in [5.74, 6) is 0.628. The van der Waals surface area contributed by atoms with E-state index in [9.17, 15) is 4.79 Å². The minimum atomic E-state index is 0.0387. The SMILES string of the molecule is Cc1ccc(CCC(=O)Nc2ncc(C3CCNCC3)s2)cc1. The Kier molecular flexibility index (Phi) is 5.41. The van der Waals surface area contributed by atoms with Gasteiger partial charge in [0.15, 0.2) is 5.13 Å². The van der Waals surface area contributed by atoms with Crippen LogP contribution in [0.4, 0.5) is 5.13 Å². The summed E-state index contributed by atoms with van der Waals surface area (Å²) >= 11 is 1.62. The Balaban J connectivity index is 1.49. The van der Waals surface area contributed by atoms with Crippen LogP contribution in [0.25, 0.3) is 0 Å². The van der Waals surface area contributed by atoms with E-state index in [4.69, 9.17) is 0 Å². The van der Waals surface area contributed by atoms with Gasteiger partial charge in [-0.15, -0.1) is 11.3 Å². The van der Waals surface area contributed by atoms with Crippen LogP contribution in [0.3, 0.4) is 0 Å². The molecule has 23 heavy (non-hydrogen) atoms. The number of piperidine rings is 1. The number of hydrogen-bond donors (Lipinski definition) is 2. The van der Waals surface area contributed by atoms with Crippen molar-refractivity contribution in [3.8, 4) is 0 Å². The molecule has 2 N–H and O–H groups in total. The number of benzene rings is 1. The molecule has 122 valence electrons. The summed E-state index contributed by atoms with van der Waals surface area (Å²) in [5.41, 5.74) is 2.44. The molecule has 1 fully saturated rings. The smallest absolute Gasteiger partial charge is 0.226 e. The lowest BCUT2D eigenvalue weighted by atomic mass is 9.97. The first-order valence-corrected chi connectivity index (χ1v) is 9.04. The Morgan fingerprint density at radius 1 is 1.30 bits per heavy atom. The van der Waals surface area contributed by atoms with Crippen molar-refractivity contribution in [3.05, 3.63) is 46.5 Å². The maximum atomic E-state index is 12.1. The lowest BCUT2D eigenvalue weighted by Crippen LogP contribution is -2.26. The fourth-order valence-corrected chi connectivity index (χ4v) is 3.84. The molecule has 2 heterocycles. The number of carbonyl (C=O) groups excluding carboxylic acids is 1. The second-order valence-corrected chi connectivity index (χ2v) is 7.19. The molecule has 1 aromatic heterocycles. The number of nitrogens with one attached hydrogen (secondary N) is 2. The zero-order valence-corrected chi connectivity index (χ0v) is 14.3. The fraction of sp³-hybridized carbons (Fsp3) is 0.444. The second kappa shape index (κ2) is 7.70. The van der Waals surface area contributed by atoms with Crippen LogP contribution in [-0.2, 0) is 11.2 Å². The largest absolute Gasteiger partial charge is 0.317 e. The topological polar surface area (TPSA) is 54.0 Å². The van der Waals surface area contributed by atoms with Crippen molar-refractivity contribution in [2.24, 2.45) is 0 Å². The van der Waals surface area contributed by atoms with Gasteiger partial charge in [-0.05, 0) is 50.8 Å². The lowest BCUT2D eigenvalue weighted by Gasteiger charge is -2.20. The Hall–Kier alpha value is -1.72. The van der Waals surface area contributed by atoms with Crippen molar-refractivity contribution in [1.29, 1.82) is 0 Å². The van der Waals surface area contributed by atoms with E-state index in [-0.39, 0.29) is 5.91 Å². The zero-order valence-electron chi connectivity index (χ0n) is 13.5. The molecule has 0 radical (unpaired) electrons. The molecule has 0 unspecified atom stereocenters. The van der Waals surface area contributed by atoms with Gasteiger partial charge in [-0.3, -0.25) is 4.79 Å². The van der Waals surface area contributed by atoms with Gasteiger partial charge in [-0.25, -0.2) is 4.98 Å². The van der Waals surface area contributed by atoms with E-state index in [1.165, 1.54) is 16.0 Å². The normalized spacial score (nSPS) is 15.5. The van der Waals surface area contributed by atoms with Crippen LogP contribution in [-0.4, -0.2) is 24.0 Å². The zero-order chi connectivity index (χ0) is 16.1. The molecular formula is C18H23N3OS. The third kappa shape index (κ3) is 4.62. The van der Waals surface area contributed by atoms with Crippen LogP contribution in [0.1, 0.15) is 41.2 Å². The molecule has 1 aliphatic heterocycles. The first kappa shape index (κ1) is 16.1. The molecule has 1 aliphatic rings. The predicted octanol–water partition coefficient (Wildman–Crippen LogP) is 3.49. The fourth-order valence-electron chi connectivity index (χ4n) is 2.83. The van der Waals surface area contributed by atoms with Gasteiger partial charge in [0.25, 0.3) is 0 Å². The molecule has 5 heteroatoms. The molecular weight excluding hydrogens is 306 g/mol. The van der Waals surface area contributed by atoms with Crippen molar-refractivity contribution in [2.45, 2.75) is 38.5 Å². The number of rotatable bonds is 5. The highest BCUT2D eigenvalue weighted by Crippen LogP contribution is 2.31. The van der Waals surface area contributed by atoms with Crippen LogP contribution in [0.5, 0.6) is 0 Å². The summed E-state index contributed by atoms with van der Waals surface area (Å²) in [6, 6.07) is 8.33. The van der Waals surface area contributed by atoms with E-state index in [2.05, 4.69) is 46.8 Å². The predicted molar refractivity (Wildman–Crippen MR) is 95.1 cm³/mol. The van der Waals surface area contributed by atoms with Crippen molar-refractivity contribution in [1.82, 2.24) is 10.3 Å². The number of carbonyl (C=O) groups is 1. The van der Waals surface area contributed by atoms with Crippen LogP contribution < -0.4 is 10.6 Å². The molecule has 0 bridgehead atoms. The summed E-state index contributed by atoms with van der Waals surface area (Å²) in [6.45, 7) is 4.21. The number of thiazole rings is 1. The molecule has 4 nitrogen and oxygen atoms in total. The number of amides is 1. The second-order valence-electron chi connectivity index (χ2n) is 6.13. The molecule has 0 spiro atoms. The van der Waals surface area contributed by atoms with Gasteiger partial charge in [-0.1, -0.05) is 29.8 Å². The van der Waals surface area contributed by atoms with Crippen LogP contribution in [0.2, 0.25) is 0 Å². The highest BCUT2D eigenvalue weighted by molar-refractivity contribution is 7.15. The lowest BCUT2D eigenvalue weighted by molar-refractivity contribution is -0.116. The summed E-state index contributed by atoms with van der Waals surface area (Å²) in [5, 5.41) is 7.04. The van der Waals surface area contributed by atoms with E-state index >= 15 is 0 Å². The van der Waals surface area contributed by atoms with E-state index in [1.807, 2.05) is 6.20 Å². The molecule has 3 rings (SSSR count). The minimum absolute atomic E-state index is 0.0387. The molecule has 2 aromatic rings. The van der Waals surface area contributed by atoms with Crippen molar-refractivity contribution in [2.75, 3.05) is 18.4 Å². The summed E-state index contributed by atoms with van der Waals surface area (Å²) in [4.78, 5) is 17.7. The molecule has 0 aliphatic carbocycles. The van der Waals surface area contributed by atoms with Crippen molar-refractivity contribution in [3.63, 3.8) is 0 Å². The van der Waals surface area contributed by atoms with Crippen LogP contribution in [0, 0.1) is 6.92 Å². The number of aromatic nitrogens is 1. The highest BCUT2D eigenvalue weighted by atomic mass is 32.1. The molecule has 1 amide bonds.